The second kappa shape index (κ2) is 10.5. The van der Waals surface area contributed by atoms with Crippen LogP contribution in [0.3, 0.4) is 0 Å². The van der Waals surface area contributed by atoms with Gasteiger partial charge in [-0.15, -0.1) is 11.3 Å². The lowest BCUT2D eigenvalue weighted by atomic mass is 10.2. The van der Waals surface area contributed by atoms with Crippen LogP contribution in [0.25, 0.3) is 10.9 Å². The van der Waals surface area contributed by atoms with E-state index in [2.05, 4.69) is 4.98 Å². The smallest absolute Gasteiger partial charge is 0.245 e. The second-order valence-corrected chi connectivity index (χ2v) is 11.9. The number of hydrogen-bond acceptors (Lipinski definition) is 7. The van der Waals surface area contributed by atoms with Crippen molar-refractivity contribution < 1.29 is 22.7 Å². The molecule has 8 nitrogen and oxygen atoms in total. The van der Waals surface area contributed by atoms with Crippen molar-refractivity contribution >= 4 is 38.2 Å². The van der Waals surface area contributed by atoms with Gasteiger partial charge in [0.2, 0.25) is 22.7 Å². The SMILES string of the molecule is CC(C)N(CC(=O)N(Cc1ccc2c(c1)OCO2)Cc1cccs1)S(=O)(=O)c1cccc2cccnc12. The minimum atomic E-state index is -4.01. The fourth-order valence-electron chi connectivity index (χ4n) is 4.27. The maximum Gasteiger partial charge on any atom is 0.245 e. The zero-order valence-corrected chi connectivity index (χ0v) is 22.2. The molecule has 1 amide bonds. The van der Waals surface area contributed by atoms with E-state index in [0.29, 0.717) is 30.1 Å². The van der Waals surface area contributed by atoms with Crippen LogP contribution >= 0.6 is 11.3 Å². The molecule has 10 heteroatoms. The topological polar surface area (TPSA) is 89.0 Å². The number of para-hydroxylation sites is 1. The van der Waals surface area contributed by atoms with Gasteiger partial charge in [0.1, 0.15) is 4.90 Å². The van der Waals surface area contributed by atoms with Gasteiger partial charge >= 0.3 is 0 Å². The van der Waals surface area contributed by atoms with Gasteiger partial charge in [0.25, 0.3) is 0 Å². The number of benzene rings is 2. The zero-order chi connectivity index (χ0) is 26.0. The second-order valence-electron chi connectivity index (χ2n) is 8.99. The van der Waals surface area contributed by atoms with Crippen molar-refractivity contribution in [2.45, 2.75) is 37.9 Å². The Hall–Kier alpha value is -3.47. The molecule has 0 unspecified atom stereocenters. The van der Waals surface area contributed by atoms with Crippen molar-refractivity contribution in [1.82, 2.24) is 14.2 Å². The standard InChI is InChI=1S/C27H27N3O5S2/c1-19(2)30(37(32,33)25-9-3-6-21-7-4-12-28-27(21)25)17-26(31)29(16-22-8-5-13-36-22)15-20-10-11-23-24(14-20)35-18-34-23/h3-14,19H,15-18H2,1-2H3. The number of nitrogens with zero attached hydrogens (tertiary/aromatic N) is 3. The Kier molecular flexibility index (Phi) is 7.14. The highest BCUT2D eigenvalue weighted by molar-refractivity contribution is 7.89. The van der Waals surface area contributed by atoms with Gasteiger partial charge in [0, 0.05) is 29.0 Å². The van der Waals surface area contributed by atoms with E-state index < -0.39 is 16.1 Å². The molecule has 0 bridgehead atoms. The van der Waals surface area contributed by atoms with E-state index in [1.165, 1.54) is 4.31 Å². The molecule has 0 atom stereocenters. The van der Waals surface area contributed by atoms with Gasteiger partial charge in [-0.2, -0.15) is 4.31 Å². The Morgan fingerprint density at radius 2 is 1.84 bits per heavy atom. The predicted octanol–water partition coefficient (Wildman–Crippen LogP) is 4.65. The van der Waals surface area contributed by atoms with Crippen LogP contribution in [0.4, 0.5) is 0 Å². The Bertz CT molecular complexity index is 1520. The van der Waals surface area contributed by atoms with Crippen molar-refractivity contribution in [1.29, 1.82) is 0 Å². The number of sulfonamides is 1. The molecule has 5 rings (SSSR count). The lowest BCUT2D eigenvalue weighted by molar-refractivity contribution is -0.132. The number of amides is 1. The minimum Gasteiger partial charge on any atom is -0.454 e. The van der Waals surface area contributed by atoms with Gasteiger partial charge < -0.3 is 14.4 Å². The van der Waals surface area contributed by atoms with Crippen LogP contribution in [-0.2, 0) is 27.9 Å². The molecule has 2 aromatic carbocycles. The molecule has 1 aliphatic rings. The molecule has 0 spiro atoms. The van der Waals surface area contributed by atoms with E-state index in [9.17, 15) is 13.2 Å². The van der Waals surface area contributed by atoms with Crippen LogP contribution in [-0.4, -0.2) is 47.9 Å². The molecular weight excluding hydrogens is 510 g/mol. The van der Waals surface area contributed by atoms with E-state index in [-0.39, 0.29) is 24.1 Å². The number of thiophene rings is 1. The van der Waals surface area contributed by atoms with Crippen molar-refractivity contribution in [2.24, 2.45) is 0 Å². The number of carbonyl (C=O) groups excluding carboxylic acids is 1. The van der Waals surface area contributed by atoms with E-state index >= 15 is 0 Å². The fraction of sp³-hybridized carbons (Fsp3) is 0.259. The molecule has 0 aliphatic carbocycles. The molecule has 37 heavy (non-hydrogen) atoms. The normalized spacial score (nSPS) is 13.0. The summed E-state index contributed by atoms with van der Waals surface area (Å²) in [5, 5.41) is 2.68. The van der Waals surface area contributed by atoms with Crippen LogP contribution in [0.2, 0.25) is 0 Å². The Labute approximate surface area is 220 Å². The summed E-state index contributed by atoms with van der Waals surface area (Å²) in [7, 11) is -4.01. The highest BCUT2D eigenvalue weighted by Crippen LogP contribution is 2.33. The average Bonchev–Trinajstić information content (AvgIpc) is 3.58. The number of aromatic nitrogens is 1. The van der Waals surface area contributed by atoms with E-state index in [4.69, 9.17) is 9.47 Å². The van der Waals surface area contributed by atoms with Gasteiger partial charge in [-0.05, 0) is 55.1 Å². The van der Waals surface area contributed by atoms with Crippen molar-refractivity contribution in [2.75, 3.05) is 13.3 Å². The number of carbonyl (C=O) groups is 1. The highest BCUT2D eigenvalue weighted by atomic mass is 32.2. The number of ether oxygens (including phenoxy) is 2. The zero-order valence-electron chi connectivity index (χ0n) is 20.5. The number of hydrogen-bond donors (Lipinski definition) is 0. The summed E-state index contributed by atoms with van der Waals surface area (Å²) in [4.78, 5) is 20.8. The van der Waals surface area contributed by atoms with Gasteiger partial charge in [0.05, 0.1) is 18.6 Å². The van der Waals surface area contributed by atoms with Crippen LogP contribution in [0, 0.1) is 0 Å². The molecule has 1 aliphatic heterocycles. The summed E-state index contributed by atoms with van der Waals surface area (Å²) in [6.45, 7) is 4.08. The van der Waals surface area contributed by atoms with Crippen molar-refractivity contribution in [3.05, 3.63) is 82.7 Å². The fourth-order valence-corrected chi connectivity index (χ4v) is 6.74. The summed E-state index contributed by atoms with van der Waals surface area (Å²) in [5.41, 5.74) is 1.25. The summed E-state index contributed by atoms with van der Waals surface area (Å²) < 4.78 is 39.8. The third kappa shape index (κ3) is 5.31. The lowest BCUT2D eigenvalue weighted by Crippen LogP contribution is -2.45. The van der Waals surface area contributed by atoms with Gasteiger partial charge in [-0.3, -0.25) is 9.78 Å². The van der Waals surface area contributed by atoms with Crippen LogP contribution < -0.4 is 9.47 Å². The van der Waals surface area contributed by atoms with Crippen LogP contribution in [0.1, 0.15) is 24.3 Å². The monoisotopic (exact) mass is 537 g/mol. The first kappa shape index (κ1) is 25.2. The molecule has 0 saturated carbocycles. The third-order valence-corrected chi connectivity index (χ3v) is 9.05. The summed E-state index contributed by atoms with van der Waals surface area (Å²) in [6, 6.07) is 17.7. The molecule has 0 N–H and O–H groups in total. The van der Waals surface area contributed by atoms with E-state index in [0.717, 1.165) is 15.8 Å². The Morgan fingerprint density at radius 3 is 2.62 bits per heavy atom. The van der Waals surface area contributed by atoms with Gasteiger partial charge in [-0.1, -0.05) is 30.3 Å². The van der Waals surface area contributed by atoms with Crippen LogP contribution in [0.15, 0.2) is 77.1 Å². The maximum absolute atomic E-state index is 13.8. The molecular formula is C27H27N3O5S2. The number of pyridine rings is 1. The first-order valence-electron chi connectivity index (χ1n) is 11.9. The first-order valence-corrected chi connectivity index (χ1v) is 14.2. The molecule has 0 fully saturated rings. The van der Waals surface area contributed by atoms with E-state index in [1.54, 1.807) is 54.5 Å². The molecule has 2 aromatic heterocycles. The lowest BCUT2D eigenvalue weighted by Gasteiger charge is -2.29. The quantitative estimate of drug-likeness (QED) is 0.309. The average molecular weight is 538 g/mol. The summed E-state index contributed by atoms with van der Waals surface area (Å²) >= 11 is 1.55. The number of fused-ring (bicyclic) bond motifs is 2. The number of rotatable bonds is 9. The predicted molar refractivity (Wildman–Crippen MR) is 142 cm³/mol. The van der Waals surface area contributed by atoms with Crippen molar-refractivity contribution in [3.63, 3.8) is 0 Å². The van der Waals surface area contributed by atoms with E-state index in [1.807, 2.05) is 47.8 Å². The summed E-state index contributed by atoms with van der Waals surface area (Å²) in [6.07, 6.45) is 1.57. The molecule has 3 heterocycles. The minimum absolute atomic E-state index is 0.0904. The molecule has 192 valence electrons. The van der Waals surface area contributed by atoms with Crippen molar-refractivity contribution in [3.8, 4) is 11.5 Å². The first-order chi connectivity index (χ1) is 17.8. The molecule has 0 radical (unpaired) electrons. The largest absolute Gasteiger partial charge is 0.454 e. The highest BCUT2D eigenvalue weighted by Gasteiger charge is 2.32. The Morgan fingerprint density at radius 1 is 1.03 bits per heavy atom. The van der Waals surface area contributed by atoms with Crippen LogP contribution in [0.5, 0.6) is 11.5 Å². The maximum atomic E-state index is 13.8. The summed E-state index contributed by atoms with van der Waals surface area (Å²) in [5.74, 6) is 1.01. The molecule has 4 aromatic rings. The van der Waals surface area contributed by atoms with Gasteiger partial charge in [0.15, 0.2) is 11.5 Å². The third-order valence-electron chi connectivity index (χ3n) is 6.14. The molecule has 0 saturated heterocycles. The Balaban J connectivity index is 1.44. The van der Waals surface area contributed by atoms with Gasteiger partial charge in [-0.25, -0.2) is 8.42 Å².